The number of benzene rings is 2. The number of aliphatic hydroxyl groups is 1. The molecule has 0 saturated heterocycles. The van der Waals surface area contributed by atoms with Crippen LogP contribution in [0, 0.1) is 5.92 Å². The number of cyclic esters (lactones) is 1. The van der Waals surface area contributed by atoms with Crippen molar-refractivity contribution in [3.8, 4) is 0 Å². The maximum absolute atomic E-state index is 12.5. The van der Waals surface area contributed by atoms with E-state index < -0.39 is 5.97 Å². The SMILES string of the molecule is O=C1O/C(=C\c2ccccc2)C(O)=C1C(c1ccccc1)C1CC1. The minimum absolute atomic E-state index is 0.0235. The zero-order chi connectivity index (χ0) is 16.5. The number of hydrogen-bond acceptors (Lipinski definition) is 3. The summed E-state index contributed by atoms with van der Waals surface area (Å²) in [6.07, 6.45) is 3.85. The third-order valence-electron chi connectivity index (χ3n) is 4.57. The molecule has 1 fully saturated rings. The molecule has 2 aliphatic rings. The van der Waals surface area contributed by atoms with Gasteiger partial charge in [-0.25, -0.2) is 4.79 Å². The zero-order valence-electron chi connectivity index (χ0n) is 13.2. The number of carbonyl (C=O) groups is 1. The van der Waals surface area contributed by atoms with Gasteiger partial charge in [0, 0.05) is 5.92 Å². The van der Waals surface area contributed by atoms with Crippen molar-refractivity contribution in [1.82, 2.24) is 0 Å². The fourth-order valence-electron chi connectivity index (χ4n) is 3.27. The Balaban J connectivity index is 1.75. The van der Waals surface area contributed by atoms with Crippen LogP contribution in [0.15, 0.2) is 77.8 Å². The van der Waals surface area contributed by atoms with Crippen molar-refractivity contribution in [1.29, 1.82) is 0 Å². The molecule has 3 nitrogen and oxygen atoms in total. The molecule has 1 heterocycles. The van der Waals surface area contributed by atoms with Gasteiger partial charge in [0.1, 0.15) is 0 Å². The smallest absolute Gasteiger partial charge is 0.344 e. The molecule has 24 heavy (non-hydrogen) atoms. The summed E-state index contributed by atoms with van der Waals surface area (Å²) in [4.78, 5) is 12.5. The van der Waals surface area contributed by atoms with Gasteiger partial charge in [-0.15, -0.1) is 0 Å². The molecule has 0 spiro atoms. The van der Waals surface area contributed by atoms with Gasteiger partial charge in [-0.3, -0.25) is 0 Å². The van der Waals surface area contributed by atoms with E-state index in [4.69, 9.17) is 4.74 Å². The largest absolute Gasteiger partial charge is 0.504 e. The number of hydrogen-bond donors (Lipinski definition) is 1. The van der Waals surface area contributed by atoms with E-state index >= 15 is 0 Å². The zero-order valence-corrected chi connectivity index (χ0v) is 13.2. The maximum Gasteiger partial charge on any atom is 0.344 e. The number of ether oxygens (including phenoxy) is 1. The van der Waals surface area contributed by atoms with Crippen molar-refractivity contribution in [2.24, 2.45) is 5.92 Å². The van der Waals surface area contributed by atoms with Crippen LogP contribution < -0.4 is 0 Å². The fourth-order valence-corrected chi connectivity index (χ4v) is 3.27. The summed E-state index contributed by atoms with van der Waals surface area (Å²) in [6.45, 7) is 0. The number of rotatable bonds is 4. The third kappa shape index (κ3) is 2.73. The monoisotopic (exact) mass is 318 g/mol. The van der Waals surface area contributed by atoms with Crippen LogP contribution in [0.4, 0.5) is 0 Å². The van der Waals surface area contributed by atoms with Gasteiger partial charge < -0.3 is 9.84 Å². The molecular formula is C21H18O3. The molecule has 120 valence electrons. The molecule has 1 unspecified atom stereocenters. The van der Waals surface area contributed by atoms with E-state index in [0.717, 1.165) is 24.0 Å². The molecule has 0 aromatic heterocycles. The molecule has 1 saturated carbocycles. The molecule has 1 aliphatic heterocycles. The lowest BCUT2D eigenvalue weighted by atomic mass is 9.86. The van der Waals surface area contributed by atoms with Gasteiger partial charge >= 0.3 is 5.97 Å². The predicted octanol–water partition coefficient (Wildman–Crippen LogP) is 4.59. The van der Waals surface area contributed by atoms with E-state index in [0.29, 0.717) is 11.5 Å². The first-order valence-corrected chi connectivity index (χ1v) is 8.21. The van der Waals surface area contributed by atoms with Gasteiger partial charge in [-0.05, 0) is 36.0 Å². The second kappa shape index (κ2) is 6.00. The van der Waals surface area contributed by atoms with Crippen LogP contribution in [0.1, 0.15) is 29.9 Å². The highest BCUT2D eigenvalue weighted by Crippen LogP contribution is 2.49. The summed E-state index contributed by atoms with van der Waals surface area (Å²) >= 11 is 0. The molecule has 0 bridgehead atoms. The Labute approximate surface area is 140 Å². The molecule has 2 aromatic rings. The summed E-state index contributed by atoms with van der Waals surface area (Å²) in [5.74, 6) is 0.0800. The van der Waals surface area contributed by atoms with Crippen molar-refractivity contribution >= 4 is 12.0 Å². The minimum Gasteiger partial charge on any atom is -0.504 e. The third-order valence-corrected chi connectivity index (χ3v) is 4.57. The normalized spacial score (nSPS) is 20.3. The van der Waals surface area contributed by atoms with Gasteiger partial charge in [0.05, 0.1) is 5.57 Å². The summed E-state index contributed by atoms with van der Waals surface area (Å²) < 4.78 is 5.37. The lowest BCUT2D eigenvalue weighted by molar-refractivity contribution is -0.133. The van der Waals surface area contributed by atoms with Crippen LogP contribution in [0.5, 0.6) is 0 Å². The lowest BCUT2D eigenvalue weighted by Gasteiger charge is -2.16. The molecule has 0 amide bonds. The molecule has 0 radical (unpaired) electrons. The van der Waals surface area contributed by atoms with Crippen LogP contribution >= 0.6 is 0 Å². The molecular weight excluding hydrogens is 300 g/mol. The quantitative estimate of drug-likeness (QED) is 0.839. The summed E-state index contributed by atoms with van der Waals surface area (Å²) in [7, 11) is 0. The van der Waals surface area contributed by atoms with Crippen LogP contribution in [0.3, 0.4) is 0 Å². The van der Waals surface area contributed by atoms with E-state index in [2.05, 4.69) is 0 Å². The molecule has 4 rings (SSSR count). The van der Waals surface area contributed by atoms with Gasteiger partial charge in [0.25, 0.3) is 0 Å². The standard InChI is InChI=1S/C21H18O3/c22-20-17(13-14-7-3-1-4-8-14)24-21(23)19(20)18(16-11-12-16)15-9-5-2-6-10-15/h1-10,13,16,18,22H,11-12H2/b17-13-. The van der Waals surface area contributed by atoms with Crippen LogP contribution in [0.2, 0.25) is 0 Å². The van der Waals surface area contributed by atoms with Gasteiger partial charge in [0.15, 0.2) is 11.5 Å². The Morgan fingerprint density at radius 1 is 1.00 bits per heavy atom. The fraction of sp³-hybridized carbons (Fsp3) is 0.190. The van der Waals surface area contributed by atoms with Crippen molar-refractivity contribution in [3.05, 3.63) is 88.9 Å². The Hall–Kier alpha value is -2.81. The van der Waals surface area contributed by atoms with E-state index in [-0.39, 0.29) is 17.4 Å². The van der Waals surface area contributed by atoms with Crippen LogP contribution in [0.25, 0.3) is 6.08 Å². The number of esters is 1. The van der Waals surface area contributed by atoms with Crippen molar-refractivity contribution in [2.45, 2.75) is 18.8 Å². The highest BCUT2D eigenvalue weighted by atomic mass is 16.6. The minimum atomic E-state index is -0.435. The lowest BCUT2D eigenvalue weighted by Crippen LogP contribution is -2.12. The summed E-state index contributed by atoms with van der Waals surface area (Å²) in [5, 5.41) is 10.7. The van der Waals surface area contributed by atoms with Gasteiger partial charge in [0.2, 0.25) is 0 Å². The second-order valence-electron chi connectivity index (χ2n) is 6.30. The second-order valence-corrected chi connectivity index (χ2v) is 6.30. The number of aliphatic hydroxyl groups excluding tert-OH is 1. The molecule has 1 N–H and O–H groups in total. The highest BCUT2D eigenvalue weighted by Gasteiger charge is 2.43. The van der Waals surface area contributed by atoms with Crippen LogP contribution in [-0.4, -0.2) is 11.1 Å². The van der Waals surface area contributed by atoms with Gasteiger partial charge in [-0.1, -0.05) is 60.7 Å². The molecule has 1 aliphatic carbocycles. The van der Waals surface area contributed by atoms with E-state index in [1.807, 2.05) is 60.7 Å². The van der Waals surface area contributed by atoms with E-state index in [1.54, 1.807) is 6.08 Å². The molecule has 1 atom stereocenters. The Morgan fingerprint density at radius 2 is 1.62 bits per heavy atom. The Kier molecular flexibility index (Phi) is 3.69. The Morgan fingerprint density at radius 3 is 2.25 bits per heavy atom. The number of carbonyl (C=O) groups excluding carboxylic acids is 1. The average molecular weight is 318 g/mol. The average Bonchev–Trinajstić information content (AvgIpc) is 3.40. The summed E-state index contributed by atoms with van der Waals surface area (Å²) in [6, 6.07) is 19.4. The van der Waals surface area contributed by atoms with Crippen molar-refractivity contribution in [3.63, 3.8) is 0 Å². The van der Waals surface area contributed by atoms with Crippen molar-refractivity contribution < 1.29 is 14.6 Å². The topological polar surface area (TPSA) is 46.5 Å². The van der Waals surface area contributed by atoms with Gasteiger partial charge in [-0.2, -0.15) is 0 Å². The first-order chi connectivity index (χ1) is 11.7. The first-order valence-electron chi connectivity index (χ1n) is 8.21. The summed E-state index contributed by atoms with van der Waals surface area (Å²) in [5.41, 5.74) is 2.33. The van der Waals surface area contributed by atoms with E-state index in [1.165, 1.54) is 0 Å². The highest BCUT2D eigenvalue weighted by molar-refractivity contribution is 5.96. The Bertz CT molecular complexity index is 815. The predicted molar refractivity (Wildman–Crippen MR) is 92.1 cm³/mol. The first kappa shape index (κ1) is 14.8. The maximum atomic E-state index is 12.5. The van der Waals surface area contributed by atoms with Crippen molar-refractivity contribution in [2.75, 3.05) is 0 Å². The van der Waals surface area contributed by atoms with Crippen LogP contribution in [-0.2, 0) is 9.53 Å². The molecule has 2 aromatic carbocycles. The van der Waals surface area contributed by atoms with E-state index in [9.17, 15) is 9.90 Å². The molecule has 3 heteroatoms.